The summed E-state index contributed by atoms with van der Waals surface area (Å²) in [6.07, 6.45) is 4.10. The van der Waals surface area contributed by atoms with Gasteiger partial charge in [-0.05, 0) is 31.5 Å². The number of amides is 3. The van der Waals surface area contributed by atoms with Crippen molar-refractivity contribution in [1.82, 2.24) is 20.1 Å². The first-order valence-electron chi connectivity index (χ1n) is 7.61. The maximum Gasteiger partial charge on any atom is 0.237 e. The summed E-state index contributed by atoms with van der Waals surface area (Å²) in [4.78, 5) is 42.9. The maximum atomic E-state index is 12.6. The van der Waals surface area contributed by atoms with Gasteiger partial charge in [0.2, 0.25) is 18.2 Å². The van der Waals surface area contributed by atoms with E-state index in [4.69, 9.17) is 0 Å². The number of aromatic nitrogens is 1. The lowest BCUT2D eigenvalue weighted by atomic mass is 9.90. The lowest BCUT2D eigenvalue weighted by Crippen LogP contribution is -2.55. The van der Waals surface area contributed by atoms with Crippen LogP contribution < -0.4 is 5.32 Å². The number of hydrogen-bond donors (Lipinski definition) is 1. The molecule has 1 aliphatic rings. The predicted octanol–water partition coefficient (Wildman–Crippen LogP) is 0.0246. The zero-order valence-corrected chi connectivity index (χ0v) is 13.5. The molecular formula is C16H22N4O3. The van der Waals surface area contributed by atoms with Crippen LogP contribution >= 0.6 is 0 Å². The molecule has 0 aromatic carbocycles. The van der Waals surface area contributed by atoms with Gasteiger partial charge in [0.15, 0.2) is 0 Å². The van der Waals surface area contributed by atoms with Crippen molar-refractivity contribution >= 4 is 18.2 Å². The second kappa shape index (κ2) is 7.21. The first-order chi connectivity index (χ1) is 10.9. The summed E-state index contributed by atoms with van der Waals surface area (Å²) in [6.45, 7) is 5.54. The van der Waals surface area contributed by atoms with Crippen LogP contribution in [0.25, 0.3) is 0 Å². The Bertz CT molecular complexity index is 566. The topological polar surface area (TPSA) is 82.6 Å². The second-order valence-electron chi connectivity index (χ2n) is 6.10. The van der Waals surface area contributed by atoms with E-state index in [1.165, 1.54) is 0 Å². The third-order valence-electron chi connectivity index (χ3n) is 4.06. The molecule has 0 unspecified atom stereocenters. The highest BCUT2D eigenvalue weighted by Gasteiger charge is 2.39. The molecule has 1 N–H and O–H groups in total. The molecule has 0 radical (unpaired) electrons. The van der Waals surface area contributed by atoms with Crippen LogP contribution in [0.3, 0.4) is 0 Å². The molecule has 7 heteroatoms. The van der Waals surface area contributed by atoms with Crippen molar-refractivity contribution in [3.8, 4) is 0 Å². The Labute approximate surface area is 135 Å². The van der Waals surface area contributed by atoms with Gasteiger partial charge in [0.1, 0.15) is 5.41 Å². The molecule has 2 heterocycles. The number of carbonyl (C=O) groups is 3. The Morgan fingerprint density at radius 3 is 2.39 bits per heavy atom. The van der Waals surface area contributed by atoms with Crippen LogP contribution in [0.2, 0.25) is 0 Å². The Hall–Kier alpha value is -2.44. The van der Waals surface area contributed by atoms with Crippen LogP contribution in [0.5, 0.6) is 0 Å². The number of pyridine rings is 1. The van der Waals surface area contributed by atoms with Crippen molar-refractivity contribution in [2.24, 2.45) is 5.41 Å². The number of hydrogen-bond acceptors (Lipinski definition) is 4. The van der Waals surface area contributed by atoms with Gasteiger partial charge in [-0.25, -0.2) is 0 Å². The van der Waals surface area contributed by atoms with Crippen LogP contribution in [-0.2, 0) is 20.9 Å². The first-order valence-corrected chi connectivity index (χ1v) is 7.61. The second-order valence-corrected chi connectivity index (χ2v) is 6.10. The molecule has 1 aromatic rings. The predicted molar refractivity (Wildman–Crippen MR) is 84.1 cm³/mol. The van der Waals surface area contributed by atoms with Gasteiger partial charge in [0.25, 0.3) is 0 Å². The third-order valence-corrected chi connectivity index (χ3v) is 4.06. The van der Waals surface area contributed by atoms with Crippen molar-refractivity contribution in [2.45, 2.75) is 20.4 Å². The van der Waals surface area contributed by atoms with Crippen molar-refractivity contribution < 1.29 is 14.4 Å². The Morgan fingerprint density at radius 2 is 1.83 bits per heavy atom. The van der Waals surface area contributed by atoms with E-state index in [0.29, 0.717) is 32.7 Å². The smallest absolute Gasteiger partial charge is 0.237 e. The minimum Gasteiger partial charge on any atom is -0.351 e. The lowest BCUT2D eigenvalue weighted by molar-refractivity contribution is -0.150. The molecule has 3 amide bonds. The van der Waals surface area contributed by atoms with Crippen LogP contribution in [0, 0.1) is 5.41 Å². The summed E-state index contributed by atoms with van der Waals surface area (Å²) in [5.41, 5.74) is -0.215. The van der Waals surface area contributed by atoms with E-state index in [1.807, 2.05) is 12.1 Å². The fraction of sp³-hybridized carbons (Fsp3) is 0.500. The minimum atomic E-state index is -1.14. The van der Waals surface area contributed by atoms with E-state index in [-0.39, 0.29) is 11.8 Å². The Balaban J connectivity index is 1.92. The fourth-order valence-corrected chi connectivity index (χ4v) is 2.43. The molecule has 0 saturated carbocycles. The molecule has 124 valence electrons. The summed E-state index contributed by atoms with van der Waals surface area (Å²) in [6, 6.07) is 3.63. The van der Waals surface area contributed by atoms with E-state index >= 15 is 0 Å². The average Bonchev–Trinajstić information content (AvgIpc) is 2.59. The Kier molecular flexibility index (Phi) is 5.31. The largest absolute Gasteiger partial charge is 0.351 e. The SMILES string of the molecule is CC(C)(C(=O)NCc1ccncc1)C(=O)N1CCN(C=O)CC1. The molecule has 23 heavy (non-hydrogen) atoms. The highest BCUT2D eigenvalue weighted by molar-refractivity contribution is 6.04. The molecule has 0 aliphatic carbocycles. The Morgan fingerprint density at radius 1 is 1.22 bits per heavy atom. The van der Waals surface area contributed by atoms with E-state index in [0.717, 1.165) is 12.0 Å². The monoisotopic (exact) mass is 318 g/mol. The fourth-order valence-electron chi connectivity index (χ4n) is 2.43. The van der Waals surface area contributed by atoms with Crippen LogP contribution in [0.1, 0.15) is 19.4 Å². The summed E-state index contributed by atoms with van der Waals surface area (Å²) in [5, 5.41) is 2.80. The number of nitrogens with zero attached hydrogens (tertiary/aromatic N) is 3. The van der Waals surface area contributed by atoms with Crippen molar-refractivity contribution in [3.05, 3.63) is 30.1 Å². The van der Waals surface area contributed by atoms with Gasteiger partial charge in [-0.3, -0.25) is 19.4 Å². The summed E-state index contributed by atoms with van der Waals surface area (Å²) in [5.74, 6) is -0.521. The lowest BCUT2D eigenvalue weighted by Gasteiger charge is -2.36. The normalized spacial score (nSPS) is 15.2. The summed E-state index contributed by atoms with van der Waals surface area (Å²) in [7, 11) is 0. The third kappa shape index (κ3) is 4.06. The molecule has 1 saturated heterocycles. The van der Waals surface area contributed by atoms with Gasteiger partial charge in [0, 0.05) is 45.1 Å². The van der Waals surface area contributed by atoms with Crippen LogP contribution in [0.15, 0.2) is 24.5 Å². The molecular weight excluding hydrogens is 296 g/mol. The van der Waals surface area contributed by atoms with Gasteiger partial charge >= 0.3 is 0 Å². The molecule has 1 aliphatic heterocycles. The quantitative estimate of drug-likeness (QED) is 0.613. The zero-order valence-electron chi connectivity index (χ0n) is 13.5. The number of carbonyl (C=O) groups excluding carboxylic acids is 3. The van der Waals surface area contributed by atoms with Gasteiger partial charge in [-0.2, -0.15) is 0 Å². The van der Waals surface area contributed by atoms with E-state index < -0.39 is 5.41 Å². The molecule has 1 fully saturated rings. The molecule has 0 bridgehead atoms. The van der Waals surface area contributed by atoms with Crippen LogP contribution in [-0.4, -0.2) is 59.2 Å². The molecule has 0 spiro atoms. The first kappa shape index (κ1) is 16.9. The molecule has 2 rings (SSSR count). The zero-order chi connectivity index (χ0) is 16.9. The highest BCUT2D eigenvalue weighted by atomic mass is 16.2. The van der Waals surface area contributed by atoms with Crippen molar-refractivity contribution in [3.63, 3.8) is 0 Å². The van der Waals surface area contributed by atoms with E-state index in [1.54, 1.807) is 36.0 Å². The molecule has 0 atom stereocenters. The summed E-state index contributed by atoms with van der Waals surface area (Å²) >= 11 is 0. The average molecular weight is 318 g/mol. The van der Waals surface area contributed by atoms with Crippen molar-refractivity contribution in [2.75, 3.05) is 26.2 Å². The summed E-state index contributed by atoms with van der Waals surface area (Å²) < 4.78 is 0. The standard InChI is InChI=1S/C16H22N4O3/c1-16(2,14(22)18-11-13-3-5-17-6-4-13)15(23)20-9-7-19(12-21)8-10-20/h3-6,12H,7-11H2,1-2H3,(H,18,22). The van der Waals surface area contributed by atoms with Gasteiger partial charge < -0.3 is 15.1 Å². The van der Waals surface area contributed by atoms with Gasteiger partial charge in [-0.15, -0.1) is 0 Å². The minimum absolute atomic E-state index is 0.213. The number of rotatable bonds is 5. The van der Waals surface area contributed by atoms with E-state index in [2.05, 4.69) is 10.3 Å². The maximum absolute atomic E-state index is 12.6. The van der Waals surface area contributed by atoms with Gasteiger partial charge in [0.05, 0.1) is 0 Å². The van der Waals surface area contributed by atoms with Crippen LogP contribution in [0.4, 0.5) is 0 Å². The number of piperazine rings is 1. The van der Waals surface area contributed by atoms with E-state index in [9.17, 15) is 14.4 Å². The van der Waals surface area contributed by atoms with Crippen molar-refractivity contribution in [1.29, 1.82) is 0 Å². The molecule has 7 nitrogen and oxygen atoms in total. The molecule has 1 aromatic heterocycles. The number of nitrogens with one attached hydrogen (secondary N) is 1. The highest BCUT2D eigenvalue weighted by Crippen LogP contribution is 2.20. The van der Waals surface area contributed by atoms with Gasteiger partial charge in [-0.1, -0.05) is 0 Å².